The molecular formula is C14H32O3Si. The maximum absolute atomic E-state index is 10.3. The van der Waals surface area contributed by atoms with Gasteiger partial charge in [-0.05, 0) is 31.5 Å². The van der Waals surface area contributed by atoms with Gasteiger partial charge < -0.3 is 14.6 Å². The normalized spacial score (nSPS) is 20.3. The van der Waals surface area contributed by atoms with Crippen molar-refractivity contribution >= 4 is 8.32 Å². The molecule has 0 saturated heterocycles. The van der Waals surface area contributed by atoms with E-state index in [9.17, 15) is 10.2 Å². The van der Waals surface area contributed by atoms with E-state index in [4.69, 9.17) is 4.43 Å². The molecule has 0 aromatic carbocycles. The van der Waals surface area contributed by atoms with Gasteiger partial charge in [0, 0.05) is 5.92 Å². The zero-order valence-electron chi connectivity index (χ0n) is 13.3. The molecule has 0 aromatic heterocycles. The van der Waals surface area contributed by atoms with Crippen molar-refractivity contribution in [1.29, 1.82) is 0 Å². The molecule has 0 rings (SSSR count). The third-order valence-corrected chi connectivity index (χ3v) is 8.90. The summed E-state index contributed by atoms with van der Waals surface area (Å²) in [6.45, 7) is 16.6. The minimum atomic E-state index is -1.86. The highest BCUT2D eigenvalue weighted by molar-refractivity contribution is 6.74. The summed E-state index contributed by atoms with van der Waals surface area (Å²) >= 11 is 0. The van der Waals surface area contributed by atoms with Crippen molar-refractivity contribution < 1.29 is 14.6 Å². The summed E-state index contributed by atoms with van der Waals surface area (Å²) in [5, 5.41) is 20.2. The van der Waals surface area contributed by atoms with Crippen molar-refractivity contribution in [3.8, 4) is 0 Å². The molecule has 0 aliphatic carbocycles. The molecule has 2 N–H and O–H groups in total. The molecule has 0 saturated carbocycles. The molecule has 0 radical (unpaired) electrons. The van der Waals surface area contributed by atoms with E-state index in [0.717, 1.165) is 0 Å². The van der Waals surface area contributed by atoms with Crippen molar-refractivity contribution in [1.82, 2.24) is 0 Å². The molecule has 0 aliphatic heterocycles. The highest BCUT2D eigenvalue weighted by Gasteiger charge is 2.40. The summed E-state index contributed by atoms with van der Waals surface area (Å²) in [6.07, 6.45) is -0.660. The van der Waals surface area contributed by atoms with E-state index in [1.165, 1.54) is 0 Å². The van der Waals surface area contributed by atoms with Gasteiger partial charge >= 0.3 is 0 Å². The fourth-order valence-corrected chi connectivity index (χ4v) is 3.16. The van der Waals surface area contributed by atoms with Crippen molar-refractivity contribution in [2.75, 3.05) is 0 Å². The Bertz CT molecular complexity index is 248. The summed E-state index contributed by atoms with van der Waals surface area (Å²) in [5.41, 5.74) is 0. The van der Waals surface area contributed by atoms with Crippen molar-refractivity contribution in [2.45, 2.75) is 84.4 Å². The van der Waals surface area contributed by atoms with Gasteiger partial charge in [-0.2, -0.15) is 0 Å². The van der Waals surface area contributed by atoms with Crippen molar-refractivity contribution in [3.63, 3.8) is 0 Å². The van der Waals surface area contributed by atoms with Crippen molar-refractivity contribution in [3.05, 3.63) is 0 Å². The molecule has 0 heterocycles. The lowest BCUT2D eigenvalue weighted by Crippen LogP contribution is -2.48. The molecule has 0 unspecified atom stereocenters. The van der Waals surface area contributed by atoms with E-state index in [-0.39, 0.29) is 17.1 Å². The molecule has 4 atom stereocenters. The predicted molar refractivity (Wildman–Crippen MR) is 79.2 cm³/mol. The van der Waals surface area contributed by atoms with E-state index < -0.39 is 20.5 Å². The Balaban J connectivity index is 4.63. The van der Waals surface area contributed by atoms with Crippen LogP contribution in [0.5, 0.6) is 0 Å². The van der Waals surface area contributed by atoms with Crippen LogP contribution in [-0.4, -0.2) is 36.8 Å². The summed E-state index contributed by atoms with van der Waals surface area (Å²) in [7, 11) is -1.86. The third-order valence-electron chi connectivity index (χ3n) is 4.33. The minimum Gasteiger partial charge on any atom is -0.412 e. The van der Waals surface area contributed by atoms with Crippen LogP contribution in [0.4, 0.5) is 0 Å². The van der Waals surface area contributed by atoms with E-state index in [0.29, 0.717) is 6.42 Å². The summed E-state index contributed by atoms with van der Waals surface area (Å²) in [4.78, 5) is 0. The summed E-state index contributed by atoms with van der Waals surface area (Å²) < 4.78 is 6.16. The third kappa shape index (κ3) is 4.65. The molecule has 110 valence electrons. The van der Waals surface area contributed by atoms with Gasteiger partial charge in [-0.3, -0.25) is 0 Å². The smallest absolute Gasteiger partial charge is 0.192 e. The number of rotatable bonds is 6. The lowest BCUT2D eigenvalue weighted by atomic mass is 9.93. The van der Waals surface area contributed by atoms with Gasteiger partial charge in [-0.25, -0.2) is 0 Å². The Hall–Kier alpha value is 0.0969. The van der Waals surface area contributed by atoms with Crippen LogP contribution in [0.1, 0.15) is 48.0 Å². The number of hydrogen-bond acceptors (Lipinski definition) is 3. The van der Waals surface area contributed by atoms with Gasteiger partial charge in [0.2, 0.25) is 0 Å². The largest absolute Gasteiger partial charge is 0.412 e. The molecule has 0 spiro atoms. The van der Waals surface area contributed by atoms with Crippen LogP contribution in [0.15, 0.2) is 0 Å². The van der Waals surface area contributed by atoms with Crippen LogP contribution in [-0.2, 0) is 4.43 Å². The molecular weight excluding hydrogens is 244 g/mol. The van der Waals surface area contributed by atoms with E-state index >= 15 is 0 Å². The molecule has 0 amide bonds. The maximum atomic E-state index is 10.3. The topological polar surface area (TPSA) is 49.7 Å². The lowest BCUT2D eigenvalue weighted by molar-refractivity contribution is -0.0398. The molecule has 18 heavy (non-hydrogen) atoms. The minimum absolute atomic E-state index is 0.133. The van der Waals surface area contributed by atoms with Gasteiger partial charge in [0.15, 0.2) is 8.32 Å². The van der Waals surface area contributed by atoms with Crippen LogP contribution in [0.25, 0.3) is 0 Å². The Kier molecular flexibility index (Phi) is 6.54. The van der Waals surface area contributed by atoms with Crippen molar-refractivity contribution in [2.24, 2.45) is 5.92 Å². The SMILES string of the molecule is CC[C@@H](O)[C@H](C)[C@H](O)[C@H](C)O[Si](C)(C)C(C)(C)C. The lowest BCUT2D eigenvalue weighted by Gasteiger charge is -2.40. The summed E-state index contributed by atoms with van der Waals surface area (Å²) in [6, 6.07) is 0. The quantitative estimate of drug-likeness (QED) is 0.733. The first kappa shape index (κ1) is 18.1. The standard InChI is InChI=1S/C14H32O3Si/c1-9-12(15)10(2)13(16)11(3)17-18(7,8)14(4,5)6/h10-13,15-16H,9H2,1-8H3/t10-,11-,12+,13-/m0/s1. The van der Waals surface area contributed by atoms with Gasteiger partial charge in [-0.15, -0.1) is 0 Å². The highest BCUT2D eigenvalue weighted by atomic mass is 28.4. The zero-order chi connectivity index (χ0) is 14.7. The Morgan fingerprint density at radius 1 is 1.11 bits per heavy atom. The summed E-state index contributed by atoms with van der Waals surface area (Å²) in [5.74, 6) is -0.158. The van der Waals surface area contributed by atoms with Gasteiger partial charge in [0.25, 0.3) is 0 Å². The Morgan fingerprint density at radius 3 is 1.89 bits per heavy atom. The first-order valence-electron chi connectivity index (χ1n) is 6.98. The zero-order valence-corrected chi connectivity index (χ0v) is 14.3. The molecule has 4 heteroatoms. The average molecular weight is 276 g/mol. The molecule has 0 aliphatic rings. The maximum Gasteiger partial charge on any atom is 0.192 e. The van der Waals surface area contributed by atoms with Gasteiger partial charge in [-0.1, -0.05) is 34.6 Å². The first-order chi connectivity index (χ1) is 7.94. The fourth-order valence-electron chi connectivity index (χ4n) is 1.74. The second kappa shape index (κ2) is 6.50. The molecule has 0 aromatic rings. The Morgan fingerprint density at radius 2 is 1.56 bits per heavy atom. The van der Waals surface area contributed by atoms with E-state index in [1.54, 1.807) is 0 Å². The second-order valence-corrected chi connectivity index (χ2v) is 11.7. The monoisotopic (exact) mass is 276 g/mol. The number of hydrogen-bond donors (Lipinski definition) is 2. The molecule has 0 fully saturated rings. The van der Waals surface area contributed by atoms with Crippen LogP contribution in [0.3, 0.4) is 0 Å². The predicted octanol–water partition coefficient (Wildman–Crippen LogP) is 3.16. The van der Waals surface area contributed by atoms with Gasteiger partial charge in [0.05, 0.1) is 18.3 Å². The Labute approximate surface area is 114 Å². The first-order valence-corrected chi connectivity index (χ1v) is 9.88. The average Bonchev–Trinajstić information content (AvgIpc) is 2.23. The van der Waals surface area contributed by atoms with E-state index in [1.807, 2.05) is 20.8 Å². The van der Waals surface area contributed by atoms with Crippen LogP contribution in [0, 0.1) is 5.92 Å². The molecule has 0 bridgehead atoms. The van der Waals surface area contributed by atoms with Crippen LogP contribution >= 0.6 is 0 Å². The van der Waals surface area contributed by atoms with E-state index in [2.05, 4.69) is 33.9 Å². The molecule has 3 nitrogen and oxygen atoms in total. The van der Waals surface area contributed by atoms with Gasteiger partial charge in [0.1, 0.15) is 0 Å². The second-order valence-electron chi connectivity index (χ2n) is 6.91. The van der Waals surface area contributed by atoms with Crippen LogP contribution in [0.2, 0.25) is 18.1 Å². The van der Waals surface area contributed by atoms with Crippen LogP contribution < -0.4 is 0 Å². The number of aliphatic hydroxyl groups excluding tert-OH is 2. The highest BCUT2D eigenvalue weighted by Crippen LogP contribution is 2.38. The fraction of sp³-hybridized carbons (Fsp3) is 1.00. The number of aliphatic hydroxyl groups is 2.